The molecule has 0 aromatic heterocycles. The lowest BCUT2D eigenvalue weighted by Gasteiger charge is -1.80. The molecular weight excluding hydrogens is 109 g/mol. The Labute approximate surface area is 39.1 Å². The molecule has 0 nitrogen and oxygen atoms in total. The number of hydrogen-bond acceptors (Lipinski definition) is 0. The fraction of sp³-hybridized carbons (Fsp3) is 1.00. The molecule has 1 aliphatic rings. The summed E-state index contributed by atoms with van der Waals surface area (Å²) in [7, 11) is 0. The van der Waals surface area contributed by atoms with Crippen LogP contribution in [-0.4, -0.2) is 11.3 Å². The van der Waals surface area contributed by atoms with E-state index in [0.717, 1.165) is 0 Å². The van der Waals surface area contributed by atoms with Crippen molar-refractivity contribution in [1.82, 2.24) is 0 Å². The molecule has 0 bridgehead atoms. The van der Waals surface area contributed by atoms with Crippen molar-refractivity contribution < 1.29 is 8.78 Å². The summed E-state index contributed by atoms with van der Waals surface area (Å²) in [4.78, 5) is 0. The minimum absolute atomic E-state index is 0.130. The molecule has 6 heavy (non-hydrogen) atoms. The highest BCUT2D eigenvalue weighted by atomic mass is 35.5. The molecule has 0 aromatic carbocycles. The summed E-state index contributed by atoms with van der Waals surface area (Å²) in [6.45, 7) is 0. The largest absolute Gasteiger partial charge is 0.242 e. The first-order chi connectivity index (χ1) is 2.63. The zero-order valence-electron chi connectivity index (χ0n) is 2.92. The lowest BCUT2D eigenvalue weighted by Crippen LogP contribution is -1.87. The number of hydrogen-bond donors (Lipinski definition) is 0. The van der Waals surface area contributed by atoms with E-state index >= 15 is 0 Å². The first-order valence-corrected chi connectivity index (χ1v) is 2.02. The Kier molecular flexibility index (Phi) is 0.619. The third-order valence-corrected chi connectivity index (χ3v) is 1.14. The second-order valence-corrected chi connectivity index (χ2v) is 2.06. The SMILES string of the molecule is FC1CC1(F)Cl. The van der Waals surface area contributed by atoms with Gasteiger partial charge in [0.1, 0.15) is 0 Å². The van der Waals surface area contributed by atoms with Crippen molar-refractivity contribution in [3.8, 4) is 0 Å². The highest BCUT2D eigenvalue weighted by Crippen LogP contribution is 2.46. The van der Waals surface area contributed by atoms with Crippen LogP contribution >= 0.6 is 11.6 Å². The van der Waals surface area contributed by atoms with Crippen molar-refractivity contribution in [2.45, 2.75) is 17.7 Å². The van der Waals surface area contributed by atoms with E-state index in [4.69, 9.17) is 11.6 Å². The van der Waals surface area contributed by atoms with E-state index < -0.39 is 11.3 Å². The van der Waals surface area contributed by atoms with E-state index in [1.165, 1.54) is 0 Å². The van der Waals surface area contributed by atoms with Gasteiger partial charge >= 0.3 is 0 Å². The second-order valence-electron chi connectivity index (χ2n) is 1.43. The molecule has 1 saturated carbocycles. The standard InChI is InChI=1S/C3H3ClF2/c4-3(6)1-2(3)5/h2H,1H2. The molecule has 0 spiro atoms. The summed E-state index contributed by atoms with van der Waals surface area (Å²) < 4.78 is 23.0. The smallest absolute Gasteiger partial charge is 0.217 e. The maximum atomic E-state index is 11.6. The molecule has 2 atom stereocenters. The molecule has 36 valence electrons. The van der Waals surface area contributed by atoms with Crippen LogP contribution in [0.15, 0.2) is 0 Å². The zero-order chi connectivity index (χ0) is 4.78. The Morgan fingerprint density at radius 3 is 2.00 bits per heavy atom. The van der Waals surface area contributed by atoms with Gasteiger partial charge in [0.05, 0.1) is 0 Å². The highest BCUT2D eigenvalue weighted by Gasteiger charge is 2.55. The van der Waals surface area contributed by atoms with Crippen LogP contribution in [-0.2, 0) is 0 Å². The van der Waals surface area contributed by atoms with Crippen LogP contribution in [0.3, 0.4) is 0 Å². The van der Waals surface area contributed by atoms with E-state index in [9.17, 15) is 8.78 Å². The normalized spacial score (nSPS) is 55.5. The van der Waals surface area contributed by atoms with Gasteiger partial charge in [-0.25, -0.2) is 8.78 Å². The summed E-state index contributed by atoms with van der Waals surface area (Å²) in [5.41, 5.74) is 0. The molecule has 1 aliphatic carbocycles. The number of alkyl halides is 3. The van der Waals surface area contributed by atoms with E-state index in [1.54, 1.807) is 0 Å². The van der Waals surface area contributed by atoms with E-state index in [-0.39, 0.29) is 6.42 Å². The minimum atomic E-state index is -1.99. The molecule has 1 fully saturated rings. The second kappa shape index (κ2) is 0.861. The predicted molar refractivity (Wildman–Crippen MR) is 19.2 cm³/mol. The molecular formula is C3H3ClF2. The van der Waals surface area contributed by atoms with Crippen molar-refractivity contribution in [2.24, 2.45) is 0 Å². The van der Waals surface area contributed by atoms with Crippen LogP contribution in [0.2, 0.25) is 0 Å². The van der Waals surface area contributed by atoms with Crippen molar-refractivity contribution >= 4 is 11.6 Å². The molecule has 0 radical (unpaired) electrons. The number of halogens is 3. The van der Waals surface area contributed by atoms with Crippen molar-refractivity contribution in [1.29, 1.82) is 0 Å². The van der Waals surface area contributed by atoms with Crippen LogP contribution in [0.4, 0.5) is 8.78 Å². The van der Waals surface area contributed by atoms with Crippen molar-refractivity contribution in [3.63, 3.8) is 0 Å². The fourth-order valence-corrected chi connectivity index (χ4v) is 0.315. The molecule has 3 heteroatoms. The molecule has 0 aliphatic heterocycles. The fourth-order valence-electron chi connectivity index (χ4n) is 0.180. The van der Waals surface area contributed by atoms with Gasteiger partial charge in [0.25, 0.3) is 0 Å². The minimum Gasteiger partial charge on any atom is -0.242 e. The maximum absolute atomic E-state index is 11.6. The molecule has 0 heterocycles. The van der Waals surface area contributed by atoms with Crippen molar-refractivity contribution in [3.05, 3.63) is 0 Å². The van der Waals surface area contributed by atoms with Crippen LogP contribution in [0.1, 0.15) is 6.42 Å². The Balaban J connectivity index is 2.41. The van der Waals surface area contributed by atoms with Gasteiger partial charge in [-0.2, -0.15) is 0 Å². The van der Waals surface area contributed by atoms with E-state index in [1.807, 2.05) is 0 Å². The van der Waals surface area contributed by atoms with E-state index in [2.05, 4.69) is 0 Å². The van der Waals surface area contributed by atoms with Gasteiger partial charge in [0.15, 0.2) is 6.17 Å². The quantitative estimate of drug-likeness (QED) is 0.418. The number of rotatable bonds is 0. The lowest BCUT2D eigenvalue weighted by molar-refractivity contribution is 0.337. The van der Waals surface area contributed by atoms with Gasteiger partial charge < -0.3 is 0 Å². The van der Waals surface area contributed by atoms with Crippen LogP contribution < -0.4 is 0 Å². The van der Waals surface area contributed by atoms with Gasteiger partial charge in [-0.15, -0.1) is 0 Å². The predicted octanol–water partition coefficient (Wildman–Crippen LogP) is 1.63. The molecule has 0 amide bonds. The van der Waals surface area contributed by atoms with Crippen LogP contribution in [0.5, 0.6) is 0 Å². The Bertz CT molecular complexity index is 71.2. The summed E-state index contributed by atoms with van der Waals surface area (Å²) in [5.74, 6) is 0. The van der Waals surface area contributed by atoms with Gasteiger partial charge in [0.2, 0.25) is 5.13 Å². The highest BCUT2D eigenvalue weighted by molar-refractivity contribution is 6.25. The Morgan fingerprint density at radius 1 is 1.83 bits per heavy atom. The van der Waals surface area contributed by atoms with Crippen LogP contribution in [0.25, 0.3) is 0 Å². The summed E-state index contributed by atoms with van der Waals surface area (Å²) in [6, 6.07) is 0. The lowest BCUT2D eigenvalue weighted by atomic mass is 10.9. The Hall–Kier alpha value is 0.150. The molecule has 0 N–H and O–H groups in total. The topological polar surface area (TPSA) is 0 Å². The van der Waals surface area contributed by atoms with Gasteiger partial charge in [-0.05, 0) is 0 Å². The average Bonchev–Trinajstić information content (AvgIpc) is 1.73. The summed E-state index contributed by atoms with van der Waals surface area (Å²) in [5, 5.41) is -1.99. The van der Waals surface area contributed by atoms with Gasteiger partial charge in [0, 0.05) is 6.42 Å². The average molecular weight is 113 g/mol. The molecule has 2 unspecified atom stereocenters. The van der Waals surface area contributed by atoms with Crippen molar-refractivity contribution in [2.75, 3.05) is 0 Å². The molecule has 1 rings (SSSR count). The zero-order valence-corrected chi connectivity index (χ0v) is 3.67. The first-order valence-electron chi connectivity index (χ1n) is 1.65. The third-order valence-electron chi connectivity index (χ3n) is 0.750. The first kappa shape index (κ1) is 4.31. The Morgan fingerprint density at radius 2 is 2.00 bits per heavy atom. The van der Waals surface area contributed by atoms with E-state index in [0.29, 0.717) is 0 Å². The third kappa shape index (κ3) is 0.492. The maximum Gasteiger partial charge on any atom is 0.217 e. The summed E-state index contributed by atoms with van der Waals surface area (Å²) in [6.07, 6.45) is -1.53. The monoisotopic (exact) mass is 112 g/mol. The van der Waals surface area contributed by atoms with Gasteiger partial charge in [-0.3, -0.25) is 0 Å². The molecule has 0 aromatic rings. The van der Waals surface area contributed by atoms with Crippen LogP contribution in [0, 0.1) is 0 Å². The summed E-state index contributed by atoms with van der Waals surface area (Å²) >= 11 is 4.75. The van der Waals surface area contributed by atoms with Gasteiger partial charge in [-0.1, -0.05) is 11.6 Å². The molecule has 0 saturated heterocycles.